The number of nitrogens with one attached hydrogen (secondary N) is 1. The molecule has 3 N–H and O–H groups in total. The molecule has 0 saturated heterocycles. The molecular weight excluding hydrogens is 222 g/mol. The van der Waals surface area contributed by atoms with E-state index in [9.17, 15) is 4.79 Å². The first-order valence-electron chi connectivity index (χ1n) is 4.79. The molecule has 1 aromatic heterocycles. The number of amides is 1. The molecule has 0 aliphatic rings. The van der Waals surface area contributed by atoms with Crippen molar-refractivity contribution in [2.75, 3.05) is 5.73 Å². The van der Waals surface area contributed by atoms with Gasteiger partial charge in [0, 0.05) is 10.9 Å². The van der Waals surface area contributed by atoms with Crippen LogP contribution in [0, 0.1) is 0 Å². The number of aromatic nitrogens is 1. The van der Waals surface area contributed by atoms with Gasteiger partial charge in [-0.15, -0.1) is 11.3 Å². The van der Waals surface area contributed by atoms with Gasteiger partial charge in [0.05, 0.1) is 12.2 Å². The number of hydrogen-bond donors (Lipinski definition) is 2. The summed E-state index contributed by atoms with van der Waals surface area (Å²) in [6, 6.07) is 9.07. The summed E-state index contributed by atoms with van der Waals surface area (Å²) in [7, 11) is 0. The molecule has 2 aromatic rings. The average molecular weight is 233 g/mol. The number of nitrogen functional groups attached to an aromatic ring is 1. The largest absolute Gasteiger partial charge is 0.375 e. The maximum atomic E-state index is 11.7. The van der Waals surface area contributed by atoms with Crippen LogP contribution in [0.3, 0.4) is 0 Å². The smallest absolute Gasteiger partial charge is 0.251 e. The summed E-state index contributed by atoms with van der Waals surface area (Å²) in [6.45, 7) is 0.404. The van der Waals surface area contributed by atoms with E-state index in [4.69, 9.17) is 5.73 Å². The molecule has 1 amide bonds. The fourth-order valence-corrected chi connectivity index (χ4v) is 1.83. The van der Waals surface area contributed by atoms with Crippen LogP contribution in [0.15, 0.2) is 35.7 Å². The maximum absolute atomic E-state index is 11.7. The number of nitrogens with two attached hydrogens (primary N) is 1. The van der Waals surface area contributed by atoms with Crippen molar-refractivity contribution >= 4 is 22.4 Å². The first kappa shape index (κ1) is 10.6. The van der Waals surface area contributed by atoms with E-state index in [-0.39, 0.29) is 5.91 Å². The van der Waals surface area contributed by atoms with Crippen LogP contribution < -0.4 is 11.1 Å². The number of carbonyl (C=O) groups excluding carboxylic acids is 1. The van der Waals surface area contributed by atoms with Crippen molar-refractivity contribution in [1.29, 1.82) is 0 Å². The van der Waals surface area contributed by atoms with Crippen molar-refractivity contribution in [3.05, 3.63) is 47.0 Å². The summed E-state index contributed by atoms with van der Waals surface area (Å²) >= 11 is 1.37. The Labute approximate surface area is 97.1 Å². The summed E-state index contributed by atoms with van der Waals surface area (Å²) in [4.78, 5) is 15.7. The quantitative estimate of drug-likeness (QED) is 0.847. The zero-order valence-corrected chi connectivity index (χ0v) is 9.33. The van der Waals surface area contributed by atoms with E-state index in [2.05, 4.69) is 10.3 Å². The second-order valence-corrected chi connectivity index (χ2v) is 4.12. The molecule has 2 rings (SSSR count). The van der Waals surface area contributed by atoms with Gasteiger partial charge in [-0.3, -0.25) is 4.79 Å². The van der Waals surface area contributed by atoms with E-state index in [1.165, 1.54) is 11.3 Å². The second-order valence-electron chi connectivity index (χ2n) is 3.23. The summed E-state index contributed by atoms with van der Waals surface area (Å²) in [5.74, 6) is -0.104. The van der Waals surface area contributed by atoms with E-state index in [0.717, 1.165) is 5.69 Å². The third-order valence-electron chi connectivity index (χ3n) is 2.04. The van der Waals surface area contributed by atoms with Gasteiger partial charge in [-0.25, -0.2) is 4.98 Å². The van der Waals surface area contributed by atoms with Crippen LogP contribution >= 0.6 is 11.3 Å². The molecule has 0 aliphatic heterocycles. The number of hydrogen-bond acceptors (Lipinski definition) is 4. The molecule has 16 heavy (non-hydrogen) atoms. The van der Waals surface area contributed by atoms with Gasteiger partial charge in [0.25, 0.3) is 5.91 Å². The molecule has 1 aromatic carbocycles. The van der Waals surface area contributed by atoms with Gasteiger partial charge in [0.15, 0.2) is 5.13 Å². The minimum Gasteiger partial charge on any atom is -0.375 e. The van der Waals surface area contributed by atoms with Crippen molar-refractivity contribution in [3.8, 4) is 0 Å². The lowest BCUT2D eigenvalue weighted by Gasteiger charge is -2.02. The van der Waals surface area contributed by atoms with Gasteiger partial charge in [-0.2, -0.15) is 0 Å². The zero-order chi connectivity index (χ0) is 11.4. The van der Waals surface area contributed by atoms with Gasteiger partial charge >= 0.3 is 0 Å². The van der Waals surface area contributed by atoms with Crippen LogP contribution in [0.5, 0.6) is 0 Å². The molecular formula is C11H11N3OS. The Bertz CT molecular complexity index is 481. The van der Waals surface area contributed by atoms with Crippen LogP contribution in [0.25, 0.3) is 0 Å². The van der Waals surface area contributed by atoms with E-state index >= 15 is 0 Å². The molecule has 0 bridgehead atoms. The molecule has 0 unspecified atom stereocenters. The van der Waals surface area contributed by atoms with Crippen LogP contribution in [-0.4, -0.2) is 10.9 Å². The van der Waals surface area contributed by atoms with Crippen molar-refractivity contribution in [2.45, 2.75) is 6.54 Å². The van der Waals surface area contributed by atoms with Crippen molar-refractivity contribution in [2.24, 2.45) is 0 Å². The molecule has 0 aliphatic carbocycles. The predicted octanol–water partition coefficient (Wildman–Crippen LogP) is 1.66. The van der Waals surface area contributed by atoms with Gasteiger partial charge in [-0.1, -0.05) is 18.2 Å². The number of anilines is 1. The Kier molecular flexibility index (Phi) is 3.16. The Morgan fingerprint density at radius 2 is 2.12 bits per heavy atom. The van der Waals surface area contributed by atoms with Crippen molar-refractivity contribution < 1.29 is 4.79 Å². The van der Waals surface area contributed by atoms with Crippen molar-refractivity contribution in [1.82, 2.24) is 10.3 Å². The van der Waals surface area contributed by atoms with Crippen LogP contribution in [-0.2, 0) is 6.54 Å². The predicted molar refractivity (Wildman–Crippen MR) is 64.1 cm³/mol. The third kappa shape index (κ3) is 2.58. The lowest BCUT2D eigenvalue weighted by atomic mass is 10.2. The topological polar surface area (TPSA) is 68.0 Å². The highest BCUT2D eigenvalue weighted by molar-refractivity contribution is 7.13. The van der Waals surface area contributed by atoms with Crippen molar-refractivity contribution in [3.63, 3.8) is 0 Å². The molecule has 0 radical (unpaired) electrons. The molecule has 0 fully saturated rings. The monoisotopic (exact) mass is 233 g/mol. The zero-order valence-electron chi connectivity index (χ0n) is 8.51. The maximum Gasteiger partial charge on any atom is 0.251 e. The van der Waals surface area contributed by atoms with Gasteiger partial charge in [0.2, 0.25) is 0 Å². The normalized spacial score (nSPS) is 10.0. The highest BCUT2D eigenvalue weighted by Gasteiger charge is 2.05. The summed E-state index contributed by atoms with van der Waals surface area (Å²) in [5.41, 5.74) is 6.92. The summed E-state index contributed by atoms with van der Waals surface area (Å²) in [5, 5.41) is 5.13. The van der Waals surface area contributed by atoms with Crippen LogP contribution in [0.2, 0.25) is 0 Å². The van der Waals surface area contributed by atoms with Gasteiger partial charge < -0.3 is 11.1 Å². The minimum absolute atomic E-state index is 0.104. The number of carbonyl (C=O) groups is 1. The molecule has 1 heterocycles. The number of thiazole rings is 1. The fourth-order valence-electron chi connectivity index (χ4n) is 1.27. The highest BCUT2D eigenvalue weighted by Crippen LogP contribution is 2.10. The van der Waals surface area contributed by atoms with E-state index in [0.29, 0.717) is 17.2 Å². The van der Waals surface area contributed by atoms with Gasteiger partial charge in [-0.05, 0) is 12.1 Å². The van der Waals surface area contributed by atoms with Crippen LogP contribution in [0.4, 0.5) is 5.13 Å². The Morgan fingerprint density at radius 1 is 1.38 bits per heavy atom. The molecule has 0 atom stereocenters. The van der Waals surface area contributed by atoms with Gasteiger partial charge in [0.1, 0.15) is 0 Å². The third-order valence-corrected chi connectivity index (χ3v) is 2.76. The second kappa shape index (κ2) is 4.76. The number of benzene rings is 1. The SMILES string of the molecule is Nc1nc(CNC(=O)c2ccccc2)cs1. The Balaban J connectivity index is 1.94. The van der Waals surface area contributed by atoms with E-state index in [1.54, 1.807) is 12.1 Å². The van der Waals surface area contributed by atoms with Crippen LogP contribution in [0.1, 0.15) is 16.1 Å². The molecule has 82 valence electrons. The standard InChI is InChI=1S/C11H11N3OS/c12-11-14-9(7-16-11)6-13-10(15)8-4-2-1-3-5-8/h1-5,7H,6H2,(H2,12,14)(H,13,15). The Morgan fingerprint density at radius 3 is 2.75 bits per heavy atom. The minimum atomic E-state index is -0.104. The number of rotatable bonds is 3. The lowest BCUT2D eigenvalue weighted by Crippen LogP contribution is -2.22. The fraction of sp³-hybridized carbons (Fsp3) is 0.0909. The molecule has 0 spiro atoms. The Hall–Kier alpha value is -1.88. The average Bonchev–Trinajstić information content (AvgIpc) is 2.73. The first-order valence-corrected chi connectivity index (χ1v) is 5.67. The number of nitrogens with zero attached hydrogens (tertiary/aromatic N) is 1. The first-order chi connectivity index (χ1) is 7.75. The van der Waals surface area contributed by atoms with E-state index in [1.807, 2.05) is 23.6 Å². The highest BCUT2D eigenvalue weighted by atomic mass is 32.1. The molecule has 4 nitrogen and oxygen atoms in total. The van der Waals surface area contributed by atoms with E-state index < -0.39 is 0 Å². The lowest BCUT2D eigenvalue weighted by molar-refractivity contribution is 0.0950. The molecule has 0 saturated carbocycles. The molecule has 5 heteroatoms. The summed E-state index contributed by atoms with van der Waals surface area (Å²) in [6.07, 6.45) is 0. The summed E-state index contributed by atoms with van der Waals surface area (Å²) < 4.78 is 0.